The van der Waals surface area contributed by atoms with Crippen LogP contribution in [0.5, 0.6) is 0 Å². The number of carbonyl (C=O) groups excluding carboxylic acids is 1. The number of hydrogen-bond donors (Lipinski definition) is 2. The number of hydrogen-bond acceptors (Lipinski definition) is 5. The summed E-state index contributed by atoms with van der Waals surface area (Å²) in [6.07, 6.45) is 1.20. The zero-order valence-electron chi connectivity index (χ0n) is 16.5. The van der Waals surface area contributed by atoms with Gasteiger partial charge in [-0.25, -0.2) is 13.6 Å². The lowest BCUT2D eigenvalue weighted by Gasteiger charge is -2.36. The third-order valence-electron chi connectivity index (χ3n) is 5.17. The second kappa shape index (κ2) is 10.3. The van der Waals surface area contributed by atoms with Crippen LogP contribution in [0.3, 0.4) is 0 Å². The molecule has 2 atom stereocenters. The zero-order valence-corrected chi connectivity index (χ0v) is 17.4. The molecule has 30 heavy (non-hydrogen) atoms. The molecular formula is C21H24F2NO5P. The highest BCUT2D eigenvalue weighted by atomic mass is 31.2. The highest BCUT2D eigenvalue weighted by molar-refractivity contribution is 7.39. The molecule has 6 nitrogen and oxygen atoms in total. The predicted molar refractivity (Wildman–Crippen MR) is 108 cm³/mol. The van der Waals surface area contributed by atoms with Crippen LogP contribution in [0.25, 0.3) is 11.1 Å². The highest BCUT2D eigenvalue weighted by Gasteiger charge is 2.30. The summed E-state index contributed by atoms with van der Waals surface area (Å²) in [4.78, 5) is 31.5. The van der Waals surface area contributed by atoms with E-state index in [0.717, 1.165) is 11.6 Å². The number of amides is 1. The summed E-state index contributed by atoms with van der Waals surface area (Å²) < 4.78 is 37.3. The molecule has 0 saturated carbocycles. The quantitative estimate of drug-likeness (QED) is 0.451. The number of benzene rings is 2. The lowest BCUT2D eigenvalue weighted by atomic mass is 9.99. The van der Waals surface area contributed by atoms with Crippen molar-refractivity contribution in [2.45, 2.75) is 38.3 Å². The minimum atomic E-state index is -2.35. The molecule has 1 fully saturated rings. The normalized spacial score (nSPS) is 17.9. The van der Waals surface area contributed by atoms with Gasteiger partial charge in [0.2, 0.25) is 0 Å². The zero-order chi connectivity index (χ0) is 21.7. The van der Waals surface area contributed by atoms with Crippen molar-refractivity contribution in [1.29, 1.82) is 0 Å². The summed E-state index contributed by atoms with van der Waals surface area (Å²) in [5.74, 6) is -1.25. The molecule has 3 rings (SSSR count). The smallest absolute Gasteiger partial charge is 0.410 e. The molecule has 1 amide bonds. The Labute approximate surface area is 175 Å². The summed E-state index contributed by atoms with van der Waals surface area (Å²) in [7, 11) is -2.35. The van der Waals surface area contributed by atoms with E-state index in [1.54, 1.807) is 17.0 Å². The maximum Gasteiger partial charge on any atom is 0.410 e. The van der Waals surface area contributed by atoms with E-state index in [9.17, 15) is 13.6 Å². The second-order valence-corrected chi connectivity index (χ2v) is 7.90. The Kier molecular flexibility index (Phi) is 7.72. The summed E-state index contributed by atoms with van der Waals surface area (Å²) in [6, 6.07) is 10.4. The van der Waals surface area contributed by atoms with Gasteiger partial charge in [-0.2, -0.15) is 0 Å². The van der Waals surface area contributed by atoms with Crippen LogP contribution in [0, 0.1) is 11.6 Å². The van der Waals surface area contributed by atoms with Crippen LogP contribution in [0.4, 0.5) is 13.6 Å². The van der Waals surface area contributed by atoms with Crippen LogP contribution in [0.1, 0.15) is 37.8 Å². The Morgan fingerprint density at radius 2 is 1.97 bits per heavy atom. The lowest BCUT2D eigenvalue weighted by Crippen LogP contribution is -2.43. The molecule has 1 aliphatic heterocycles. The number of rotatable bonds is 8. The minimum absolute atomic E-state index is 0.202. The molecule has 9 heteroatoms. The van der Waals surface area contributed by atoms with Crippen LogP contribution >= 0.6 is 8.60 Å². The Morgan fingerprint density at radius 3 is 2.60 bits per heavy atom. The van der Waals surface area contributed by atoms with Gasteiger partial charge in [-0.15, -0.1) is 0 Å². The molecule has 2 N–H and O–H groups in total. The first-order chi connectivity index (χ1) is 14.3. The van der Waals surface area contributed by atoms with Gasteiger partial charge in [0.05, 0.1) is 12.6 Å². The lowest BCUT2D eigenvalue weighted by molar-refractivity contribution is 0.00778. The molecule has 1 heterocycles. The molecule has 0 spiro atoms. The van der Waals surface area contributed by atoms with Crippen molar-refractivity contribution in [2.24, 2.45) is 0 Å². The maximum atomic E-state index is 14.0. The van der Waals surface area contributed by atoms with Crippen molar-refractivity contribution in [3.8, 4) is 11.1 Å². The molecule has 2 unspecified atom stereocenters. The second-order valence-electron chi connectivity index (χ2n) is 7.14. The Balaban J connectivity index is 1.57. The standard InChI is InChI=1S/C21H24F2NO5P/c1-14(24-11-10-18(29-21(24)25)3-2-12-28-30(26)27)15-4-6-16(7-5-15)19-9-8-17(22)13-20(19)23/h4-9,13-14,18,26-27H,2-3,10-12H2,1H3. The van der Waals surface area contributed by atoms with Gasteiger partial charge < -0.3 is 23.9 Å². The van der Waals surface area contributed by atoms with E-state index in [2.05, 4.69) is 0 Å². The van der Waals surface area contributed by atoms with Crippen molar-refractivity contribution in [3.05, 3.63) is 59.7 Å². The van der Waals surface area contributed by atoms with Gasteiger partial charge in [0.25, 0.3) is 0 Å². The number of halogens is 2. The number of cyclic esters (lactones) is 1. The highest BCUT2D eigenvalue weighted by Crippen LogP contribution is 2.30. The third-order valence-corrected chi connectivity index (χ3v) is 5.59. The molecule has 2 aromatic rings. The summed E-state index contributed by atoms with van der Waals surface area (Å²) in [5, 5.41) is 0. The van der Waals surface area contributed by atoms with E-state index in [4.69, 9.17) is 19.0 Å². The molecule has 1 aliphatic rings. The van der Waals surface area contributed by atoms with Crippen molar-refractivity contribution in [3.63, 3.8) is 0 Å². The fourth-order valence-electron chi connectivity index (χ4n) is 3.50. The van der Waals surface area contributed by atoms with E-state index in [1.165, 1.54) is 12.1 Å². The largest absolute Gasteiger partial charge is 0.446 e. The van der Waals surface area contributed by atoms with E-state index in [0.29, 0.717) is 36.9 Å². The average molecular weight is 439 g/mol. The van der Waals surface area contributed by atoms with E-state index in [-0.39, 0.29) is 18.8 Å². The third kappa shape index (κ3) is 5.73. The van der Waals surface area contributed by atoms with E-state index < -0.39 is 26.3 Å². The number of ether oxygens (including phenoxy) is 1. The fourth-order valence-corrected chi connectivity index (χ4v) is 3.79. The molecule has 1 saturated heterocycles. The van der Waals surface area contributed by atoms with Gasteiger partial charge in [0.1, 0.15) is 17.7 Å². The maximum absolute atomic E-state index is 14.0. The molecule has 0 aromatic heterocycles. The van der Waals surface area contributed by atoms with Crippen LogP contribution in [0.15, 0.2) is 42.5 Å². The van der Waals surface area contributed by atoms with Crippen LogP contribution in [0.2, 0.25) is 0 Å². The minimum Gasteiger partial charge on any atom is -0.446 e. The topological polar surface area (TPSA) is 79.2 Å². The predicted octanol–water partition coefficient (Wildman–Crippen LogP) is 4.91. The Morgan fingerprint density at radius 1 is 1.23 bits per heavy atom. The first-order valence-electron chi connectivity index (χ1n) is 9.68. The molecule has 0 aliphatic carbocycles. The fraction of sp³-hybridized carbons (Fsp3) is 0.381. The van der Waals surface area contributed by atoms with Crippen LogP contribution in [-0.4, -0.2) is 40.0 Å². The van der Waals surface area contributed by atoms with Crippen molar-refractivity contribution >= 4 is 14.7 Å². The molecule has 2 aromatic carbocycles. The summed E-state index contributed by atoms with van der Waals surface area (Å²) in [6.45, 7) is 2.63. The first-order valence-corrected chi connectivity index (χ1v) is 10.8. The summed E-state index contributed by atoms with van der Waals surface area (Å²) >= 11 is 0. The average Bonchev–Trinajstić information content (AvgIpc) is 2.71. The van der Waals surface area contributed by atoms with Crippen LogP contribution < -0.4 is 0 Å². The van der Waals surface area contributed by atoms with Gasteiger partial charge in [0.15, 0.2) is 0 Å². The first kappa shape index (κ1) is 22.6. The van der Waals surface area contributed by atoms with E-state index >= 15 is 0 Å². The molecular weight excluding hydrogens is 415 g/mol. The van der Waals surface area contributed by atoms with Crippen LogP contribution in [-0.2, 0) is 9.26 Å². The van der Waals surface area contributed by atoms with Gasteiger partial charge >= 0.3 is 14.7 Å². The molecule has 0 bridgehead atoms. The number of carbonyl (C=O) groups is 1. The van der Waals surface area contributed by atoms with Gasteiger partial charge in [-0.05, 0) is 43.0 Å². The molecule has 162 valence electrons. The van der Waals surface area contributed by atoms with Crippen molar-refractivity contribution in [1.82, 2.24) is 4.90 Å². The Hall–Kier alpha value is -2.12. The Bertz CT molecular complexity index is 865. The monoisotopic (exact) mass is 439 g/mol. The van der Waals surface area contributed by atoms with Crippen molar-refractivity contribution in [2.75, 3.05) is 13.2 Å². The number of nitrogens with zero attached hydrogens (tertiary/aromatic N) is 1. The summed E-state index contributed by atoms with van der Waals surface area (Å²) in [5.41, 5.74) is 1.82. The van der Waals surface area contributed by atoms with Gasteiger partial charge in [0, 0.05) is 24.6 Å². The van der Waals surface area contributed by atoms with E-state index in [1.807, 2.05) is 19.1 Å². The van der Waals surface area contributed by atoms with Gasteiger partial charge in [-0.1, -0.05) is 24.3 Å². The van der Waals surface area contributed by atoms with Gasteiger partial charge in [-0.3, -0.25) is 0 Å². The molecule has 0 radical (unpaired) electrons. The van der Waals surface area contributed by atoms with Crippen molar-refractivity contribution < 1.29 is 32.6 Å². The SMILES string of the molecule is CC(c1ccc(-c2ccc(F)cc2F)cc1)N1CCC(CCCOP(O)O)OC1=O.